The maximum absolute atomic E-state index is 4.56. The molecule has 0 amide bonds. The summed E-state index contributed by atoms with van der Waals surface area (Å²) >= 11 is 5.16. The molecule has 1 heterocycles. The van der Waals surface area contributed by atoms with Gasteiger partial charge in [-0.2, -0.15) is 0 Å². The lowest BCUT2D eigenvalue weighted by Gasteiger charge is -2.09. The number of aliphatic imine (C=N–C) groups is 1. The highest BCUT2D eigenvalue weighted by atomic mass is 79.9. The van der Waals surface area contributed by atoms with Crippen LogP contribution in [-0.2, 0) is 6.54 Å². The Kier molecular flexibility index (Phi) is 4.23. The average Bonchev–Trinajstić information content (AvgIpc) is 2.97. The molecule has 5 heteroatoms. The van der Waals surface area contributed by atoms with Gasteiger partial charge >= 0.3 is 0 Å². The van der Waals surface area contributed by atoms with Crippen molar-refractivity contribution >= 4 is 33.2 Å². The van der Waals surface area contributed by atoms with Crippen LogP contribution in [0.2, 0.25) is 0 Å². The Morgan fingerprint density at radius 3 is 3.00 bits per heavy atom. The summed E-state index contributed by atoms with van der Waals surface area (Å²) in [5, 5.41) is 8.79. The molecule has 0 bridgehead atoms. The first-order valence-corrected chi connectivity index (χ1v) is 7.23. The van der Waals surface area contributed by atoms with E-state index in [1.54, 1.807) is 11.3 Å². The highest BCUT2D eigenvalue weighted by Crippen LogP contribution is 2.21. The molecule has 0 saturated heterocycles. The van der Waals surface area contributed by atoms with E-state index in [4.69, 9.17) is 0 Å². The van der Waals surface area contributed by atoms with Crippen LogP contribution in [0, 0.1) is 0 Å². The summed E-state index contributed by atoms with van der Waals surface area (Å²) in [6.45, 7) is 3.74. The van der Waals surface area contributed by atoms with Crippen LogP contribution < -0.4 is 10.6 Å². The summed E-state index contributed by atoms with van der Waals surface area (Å²) in [6.07, 6.45) is 2.54. The second kappa shape index (κ2) is 5.68. The molecular formula is C11H16BrN3S. The summed E-state index contributed by atoms with van der Waals surface area (Å²) in [5.41, 5.74) is 1.25. The minimum absolute atomic E-state index is 0.645. The van der Waals surface area contributed by atoms with Crippen molar-refractivity contribution in [1.82, 2.24) is 10.6 Å². The molecule has 1 aromatic heterocycles. The molecule has 0 aromatic carbocycles. The topological polar surface area (TPSA) is 36.4 Å². The number of thiophene rings is 1. The minimum atomic E-state index is 0.645. The summed E-state index contributed by atoms with van der Waals surface area (Å²) in [4.78, 5) is 4.56. The van der Waals surface area contributed by atoms with Crippen LogP contribution in [0.3, 0.4) is 0 Å². The standard InChI is InChI=1S/C11H16BrN3S/c1-2-13-11(15-9-3-4-9)14-6-8-5-10(12)16-7-8/h5,7,9H,2-4,6H2,1H3,(H2,13,14,15). The number of rotatable bonds is 4. The predicted octanol–water partition coefficient (Wildman–Crippen LogP) is 2.73. The Morgan fingerprint density at radius 1 is 1.62 bits per heavy atom. The molecular weight excluding hydrogens is 286 g/mol. The van der Waals surface area contributed by atoms with Gasteiger partial charge in [0, 0.05) is 12.6 Å². The van der Waals surface area contributed by atoms with Crippen molar-refractivity contribution < 1.29 is 0 Å². The van der Waals surface area contributed by atoms with Crippen LogP contribution in [0.1, 0.15) is 25.3 Å². The molecule has 0 atom stereocenters. The molecule has 0 spiro atoms. The molecule has 1 aliphatic rings. The van der Waals surface area contributed by atoms with Crippen molar-refractivity contribution in [3.63, 3.8) is 0 Å². The molecule has 3 nitrogen and oxygen atoms in total. The minimum Gasteiger partial charge on any atom is -0.357 e. The van der Waals surface area contributed by atoms with Crippen molar-refractivity contribution in [2.24, 2.45) is 4.99 Å². The molecule has 0 aliphatic heterocycles. The Labute approximate surface area is 108 Å². The molecule has 0 radical (unpaired) electrons. The zero-order valence-electron chi connectivity index (χ0n) is 9.29. The molecule has 0 unspecified atom stereocenters. The van der Waals surface area contributed by atoms with E-state index < -0.39 is 0 Å². The smallest absolute Gasteiger partial charge is 0.191 e. The van der Waals surface area contributed by atoms with E-state index in [0.717, 1.165) is 22.8 Å². The molecule has 88 valence electrons. The number of nitrogens with zero attached hydrogens (tertiary/aromatic N) is 1. The molecule has 2 N–H and O–H groups in total. The highest BCUT2D eigenvalue weighted by molar-refractivity contribution is 9.11. The first-order valence-electron chi connectivity index (χ1n) is 5.55. The van der Waals surface area contributed by atoms with Gasteiger partial charge in [-0.1, -0.05) is 0 Å². The molecule has 2 rings (SSSR count). The van der Waals surface area contributed by atoms with Crippen molar-refractivity contribution in [2.45, 2.75) is 32.4 Å². The third-order valence-electron chi connectivity index (χ3n) is 2.30. The second-order valence-electron chi connectivity index (χ2n) is 3.87. The van der Waals surface area contributed by atoms with E-state index in [2.05, 4.69) is 49.9 Å². The quantitative estimate of drug-likeness (QED) is 0.663. The van der Waals surface area contributed by atoms with Gasteiger partial charge in [0.15, 0.2) is 5.96 Å². The number of hydrogen-bond donors (Lipinski definition) is 2. The van der Waals surface area contributed by atoms with Gasteiger partial charge in [-0.3, -0.25) is 0 Å². The largest absolute Gasteiger partial charge is 0.357 e. The Hall–Kier alpha value is -0.550. The van der Waals surface area contributed by atoms with Crippen LogP contribution in [0.25, 0.3) is 0 Å². The number of halogens is 1. The maximum Gasteiger partial charge on any atom is 0.191 e. The predicted molar refractivity (Wildman–Crippen MR) is 73.0 cm³/mol. The fourth-order valence-corrected chi connectivity index (χ4v) is 2.54. The molecule has 1 fully saturated rings. The van der Waals surface area contributed by atoms with Crippen LogP contribution in [0.4, 0.5) is 0 Å². The normalized spacial score (nSPS) is 16.2. The van der Waals surface area contributed by atoms with Crippen molar-refractivity contribution in [3.05, 3.63) is 20.8 Å². The average molecular weight is 302 g/mol. The lowest BCUT2D eigenvalue weighted by molar-refractivity contribution is 0.812. The van der Waals surface area contributed by atoms with Gasteiger partial charge in [0.05, 0.1) is 10.3 Å². The van der Waals surface area contributed by atoms with Crippen LogP contribution >= 0.6 is 27.3 Å². The zero-order chi connectivity index (χ0) is 11.4. The van der Waals surface area contributed by atoms with Crippen LogP contribution in [-0.4, -0.2) is 18.5 Å². The molecule has 16 heavy (non-hydrogen) atoms. The Balaban J connectivity index is 1.90. The van der Waals surface area contributed by atoms with Crippen molar-refractivity contribution in [3.8, 4) is 0 Å². The van der Waals surface area contributed by atoms with Crippen molar-refractivity contribution in [2.75, 3.05) is 6.54 Å². The first-order chi connectivity index (χ1) is 7.78. The monoisotopic (exact) mass is 301 g/mol. The van der Waals surface area contributed by atoms with Gasteiger partial charge in [0.25, 0.3) is 0 Å². The number of guanidine groups is 1. The van der Waals surface area contributed by atoms with Gasteiger partial charge < -0.3 is 10.6 Å². The summed E-state index contributed by atoms with van der Waals surface area (Å²) in [7, 11) is 0. The third-order valence-corrected chi connectivity index (χ3v) is 3.86. The van der Waals surface area contributed by atoms with Gasteiger partial charge in [-0.05, 0) is 52.7 Å². The molecule has 1 aliphatic carbocycles. The van der Waals surface area contributed by atoms with Gasteiger partial charge in [-0.15, -0.1) is 11.3 Å². The van der Waals surface area contributed by atoms with E-state index in [-0.39, 0.29) is 0 Å². The lowest BCUT2D eigenvalue weighted by atomic mass is 10.3. The lowest BCUT2D eigenvalue weighted by Crippen LogP contribution is -2.38. The fraction of sp³-hybridized carbons (Fsp3) is 0.545. The maximum atomic E-state index is 4.56. The van der Waals surface area contributed by atoms with Gasteiger partial charge in [0.2, 0.25) is 0 Å². The molecule has 1 aromatic rings. The SMILES string of the molecule is CCNC(=NCc1csc(Br)c1)NC1CC1. The van der Waals surface area contributed by atoms with E-state index in [0.29, 0.717) is 6.04 Å². The second-order valence-corrected chi connectivity index (χ2v) is 6.16. The number of hydrogen-bond acceptors (Lipinski definition) is 2. The van der Waals surface area contributed by atoms with Gasteiger partial charge in [-0.25, -0.2) is 4.99 Å². The molecule has 1 saturated carbocycles. The Bertz CT molecular complexity index is 371. The van der Waals surface area contributed by atoms with Crippen molar-refractivity contribution in [1.29, 1.82) is 0 Å². The summed E-state index contributed by atoms with van der Waals surface area (Å²) in [6, 6.07) is 2.77. The third kappa shape index (κ3) is 3.79. The summed E-state index contributed by atoms with van der Waals surface area (Å²) in [5.74, 6) is 0.937. The van der Waals surface area contributed by atoms with Crippen LogP contribution in [0.15, 0.2) is 20.2 Å². The van der Waals surface area contributed by atoms with E-state index in [9.17, 15) is 0 Å². The fourth-order valence-electron chi connectivity index (χ4n) is 1.34. The van der Waals surface area contributed by atoms with E-state index in [1.165, 1.54) is 18.4 Å². The zero-order valence-corrected chi connectivity index (χ0v) is 11.7. The Morgan fingerprint density at radius 2 is 2.44 bits per heavy atom. The van der Waals surface area contributed by atoms with Gasteiger partial charge in [0.1, 0.15) is 0 Å². The number of nitrogens with one attached hydrogen (secondary N) is 2. The van der Waals surface area contributed by atoms with E-state index in [1.807, 2.05) is 0 Å². The van der Waals surface area contributed by atoms with E-state index >= 15 is 0 Å². The first kappa shape index (κ1) is 11.9. The summed E-state index contributed by atoms with van der Waals surface area (Å²) < 4.78 is 1.16. The highest BCUT2D eigenvalue weighted by Gasteiger charge is 2.21. The van der Waals surface area contributed by atoms with Crippen LogP contribution in [0.5, 0.6) is 0 Å².